The fourth-order valence-corrected chi connectivity index (χ4v) is 3.03. The Morgan fingerprint density at radius 1 is 1.17 bits per heavy atom. The van der Waals surface area contributed by atoms with E-state index in [1.165, 1.54) is 5.56 Å². The second-order valence-electron chi connectivity index (χ2n) is 5.21. The van der Waals surface area contributed by atoms with Crippen LogP contribution in [0.3, 0.4) is 0 Å². The van der Waals surface area contributed by atoms with Crippen molar-refractivity contribution in [3.05, 3.63) is 65.2 Å². The maximum Gasteiger partial charge on any atom is 0.251 e. The molecule has 2 rings (SSSR count). The molecule has 0 heterocycles. The molecule has 0 spiro atoms. The van der Waals surface area contributed by atoms with Crippen LogP contribution in [-0.2, 0) is 5.75 Å². The summed E-state index contributed by atoms with van der Waals surface area (Å²) in [7, 11) is 0. The zero-order valence-corrected chi connectivity index (χ0v) is 14.5. The first-order valence-corrected chi connectivity index (χ1v) is 8.99. The SMILES string of the molecule is CCOc1ccc(C(=O)NCCSCc2ccccc2)cc1C. The standard InChI is InChI=1S/C19H23NO2S/c1-3-22-18-10-9-17(13-15(18)2)19(21)20-11-12-23-14-16-7-5-4-6-8-16/h4-10,13H,3,11-12,14H2,1-2H3,(H,20,21). The number of carbonyl (C=O) groups excluding carboxylic acids is 1. The molecule has 3 nitrogen and oxygen atoms in total. The zero-order valence-electron chi connectivity index (χ0n) is 13.7. The minimum atomic E-state index is -0.0311. The van der Waals surface area contributed by atoms with Crippen LogP contribution in [0.1, 0.15) is 28.4 Å². The van der Waals surface area contributed by atoms with Gasteiger partial charge in [-0.3, -0.25) is 4.79 Å². The minimum absolute atomic E-state index is 0.0311. The van der Waals surface area contributed by atoms with Crippen LogP contribution in [0.25, 0.3) is 0 Å². The molecule has 0 aromatic heterocycles. The quantitative estimate of drug-likeness (QED) is 0.742. The molecule has 0 radical (unpaired) electrons. The fourth-order valence-electron chi connectivity index (χ4n) is 2.21. The van der Waals surface area contributed by atoms with Crippen molar-refractivity contribution in [2.75, 3.05) is 18.9 Å². The smallest absolute Gasteiger partial charge is 0.251 e. The van der Waals surface area contributed by atoms with E-state index in [0.29, 0.717) is 18.7 Å². The summed E-state index contributed by atoms with van der Waals surface area (Å²) >= 11 is 1.82. The highest BCUT2D eigenvalue weighted by atomic mass is 32.2. The largest absolute Gasteiger partial charge is 0.494 e. The number of nitrogens with one attached hydrogen (secondary N) is 1. The molecule has 23 heavy (non-hydrogen) atoms. The van der Waals surface area contributed by atoms with Crippen molar-refractivity contribution >= 4 is 17.7 Å². The van der Waals surface area contributed by atoms with Gasteiger partial charge >= 0.3 is 0 Å². The summed E-state index contributed by atoms with van der Waals surface area (Å²) in [5, 5.41) is 2.96. The lowest BCUT2D eigenvalue weighted by molar-refractivity contribution is 0.0956. The van der Waals surface area contributed by atoms with E-state index in [0.717, 1.165) is 22.8 Å². The van der Waals surface area contributed by atoms with Gasteiger partial charge in [0, 0.05) is 23.6 Å². The van der Waals surface area contributed by atoms with Crippen LogP contribution in [0.4, 0.5) is 0 Å². The lowest BCUT2D eigenvalue weighted by Crippen LogP contribution is -2.25. The Labute approximate surface area is 142 Å². The van der Waals surface area contributed by atoms with Gasteiger partial charge in [-0.1, -0.05) is 30.3 Å². The first-order chi connectivity index (χ1) is 11.2. The molecule has 0 unspecified atom stereocenters. The van der Waals surface area contributed by atoms with Crippen LogP contribution in [0.2, 0.25) is 0 Å². The predicted molar refractivity (Wildman–Crippen MR) is 97.3 cm³/mol. The third-order valence-electron chi connectivity index (χ3n) is 3.38. The average molecular weight is 329 g/mol. The van der Waals surface area contributed by atoms with E-state index in [9.17, 15) is 4.79 Å². The number of ether oxygens (including phenoxy) is 1. The number of benzene rings is 2. The van der Waals surface area contributed by atoms with Crippen molar-refractivity contribution in [1.29, 1.82) is 0 Å². The van der Waals surface area contributed by atoms with E-state index < -0.39 is 0 Å². The topological polar surface area (TPSA) is 38.3 Å². The van der Waals surface area contributed by atoms with E-state index in [2.05, 4.69) is 17.4 Å². The molecule has 0 bridgehead atoms. The number of aryl methyl sites for hydroxylation is 1. The summed E-state index contributed by atoms with van der Waals surface area (Å²) in [6.07, 6.45) is 0. The zero-order chi connectivity index (χ0) is 16.5. The normalized spacial score (nSPS) is 10.3. The van der Waals surface area contributed by atoms with Gasteiger partial charge in [-0.2, -0.15) is 11.8 Å². The summed E-state index contributed by atoms with van der Waals surface area (Å²) in [5.74, 6) is 2.68. The molecule has 0 fully saturated rings. The van der Waals surface area contributed by atoms with E-state index in [1.807, 2.05) is 62.0 Å². The number of carbonyl (C=O) groups is 1. The Morgan fingerprint density at radius 2 is 1.96 bits per heavy atom. The monoisotopic (exact) mass is 329 g/mol. The van der Waals surface area contributed by atoms with Gasteiger partial charge in [0.1, 0.15) is 5.75 Å². The van der Waals surface area contributed by atoms with E-state index in [1.54, 1.807) is 0 Å². The van der Waals surface area contributed by atoms with Gasteiger partial charge in [0.15, 0.2) is 0 Å². The second kappa shape index (κ2) is 9.26. The van der Waals surface area contributed by atoms with E-state index >= 15 is 0 Å². The molecule has 1 amide bonds. The van der Waals surface area contributed by atoms with E-state index in [4.69, 9.17) is 4.74 Å². The number of hydrogen-bond donors (Lipinski definition) is 1. The molecule has 0 saturated carbocycles. The molecule has 0 aliphatic carbocycles. The number of rotatable bonds is 8. The Balaban J connectivity index is 1.73. The van der Waals surface area contributed by atoms with Gasteiger partial charge in [-0.15, -0.1) is 0 Å². The molecule has 0 aliphatic rings. The third kappa shape index (κ3) is 5.64. The van der Waals surface area contributed by atoms with Gasteiger partial charge in [0.25, 0.3) is 5.91 Å². The Bertz CT molecular complexity index is 629. The molecule has 4 heteroatoms. The van der Waals surface area contributed by atoms with Crippen LogP contribution in [0.5, 0.6) is 5.75 Å². The van der Waals surface area contributed by atoms with Crippen LogP contribution >= 0.6 is 11.8 Å². The summed E-state index contributed by atoms with van der Waals surface area (Å²) in [6, 6.07) is 15.9. The molecule has 2 aromatic rings. The number of thioether (sulfide) groups is 1. The Hall–Kier alpha value is -1.94. The summed E-state index contributed by atoms with van der Waals surface area (Å²) < 4.78 is 5.49. The van der Waals surface area contributed by atoms with Gasteiger partial charge in [-0.05, 0) is 43.2 Å². The lowest BCUT2D eigenvalue weighted by atomic mass is 10.1. The molecule has 122 valence electrons. The molecule has 0 saturated heterocycles. The fraction of sp³-hybridized carbons (Fsp3) is 0.316. The maximum atomic E-state index is 12.1. The Kier molecular flexibility index (Phi) is 7.01. The highest BCUT2D eigenvalue weighted by molar-refractivity contribution is 7.98. The van der Waals surface area contributed by atoms with Crippen LogP contribution < -0.4 is 10.1 Å². The summed E-state index contributed by atoms with van der Waals surface area (Å²) in [4.78, 5) is 12.1. The third-order valence-corrected chi connectivity index (χ3v) is 4.41. The molecule has 2 aromatic carbocycles. The van der Waals surface area contributed by atoms with Crippen molar-refractivity contribution in [2.45, 2.75) is 19.6 Å². The molecule has 1 N–H and O–H groups in total. The maximum absolute atomic E-state index is 12.1. The van der Waals surface area contributed by atoms with Gasteiger partial charge < -0.3 is 10.1 Å². The second-order valence-corrected chi connectivity index (χ2v) is 6.31. The molecule has 0 atom stereocenters. The van der Waals surface area contributed by atoms with Gasteiger partial charge in [0.2, 0.25) is 0 Å². The van der Waals surface area contributed by atoms with Crippen molar-refractivity contribution in [1.82, 2.24) is 5.32 Å². The first-order valence-electron chi connectivity index (χ1n) is 7.84. The highest BCUT2D eigenvalue weighted by Gasteiger charge is 2.07. The van der Waals surface area contributed by atoms with Gasteiger partial charge in [0.05, 0.1) is 6.61 Å². The van der Waals surface area contributed by atoms with Gasteiger partial charge in [-0.25, -0.2) is 0 Å². The highest BCUT2D eigenvalue weighted by Crippen LogP contribution is 2.19. The average Bonchev–Trinajstić information content (AvgIpc) is 2.57. The molecular weight excluding hydrogens is 306 g/mol. The number of amides is 1. The minimum Gasteiger partial charge on any atom is -0.494 e. The molecular formula is C19H23NO2S. The van der Waals surface area contributed by atoms with Crippen molar-refractivity contribution < 1.29 is 9.53 Å². The lowest BCUT2D eigenvalue weighted by Gasteiger charge is -2.09. The van der Waals surface area contributed by atoms with E-state index in [-0.39, 0.29) is 5.91 Å². The Morgan fingerprint density at radius 3 is 2.65 bits per heavy atom. The van der Waals surface area contributed by atoms with Crippen molar-refractivity contribution in [3.63, 3.8) is 0 Å². The van der Waals surface area contributed by atoms with Crippen molar-refractivity contribution in [2.24, 2.45) is 0 Å². The van der Waals surface area contributed by atoms with Crippen LogP contribution in [0, 0.1) is 6.92 Å². The van der Waals surface area contributed by atoms with Crippen LogP contribution in [-0.4, -0.2) is 24.8 Å². The summed E-state index contributed by atoms with van der Waals surface area (Å²) in [5.41, 5.74) is 2.97. The predicted octanol–water partition coefficient (Wildman–Crippen LogP) is 4.06. The van der Waals surface area contributed by atoms with Crippen LogP contribution in [0.15, 0.2) is 48.5 Å². The summed E-state index contributed by atoms with van der Waals surface area (Å²) in [6.45, 7) is 5.21. The first kappa shape index (κ1) is 17.4. The molecule has 0 aliphatic heterocycles. The van der Waals surface area contributed by atoms with Crippen molar-refractivity contribution in [3.8, 4) is 5.75 Å². The number of hydrogen-bond acceptors (Lipinski definition) is 3.